The minimum atomic E-state index is -0.477. The highest BCUT2D eigenvalue weighted by Crippen LogP contribution is 2.31. The molecule has 0 unspecified atom stereocenters. The molecular weight excluding hydrogens is 620 g/mol. The van der Waals surface area contributed by atoms with Crippen molar-refractivity contribution in [3.05, 3.63) is 89.0 Å². The highest BCUT2D eigenvalue weighted by Gasteiger charge is 2.35. The maximum absolute atomic E-state index is 14.3. The molecule has 49 heavy (non-hydrogen) atoms. The number of nitrogens with two attached hydrogens (primary N) is 1. The lowest BCUT2D eigenvalue weighted by Gasteiger charge is -2.46. The van der Waals surface area contributed by atoms with Crippen LogP contribution < -0.4 is 16.2 Å². The van der Waals surface area contributed by atoms with Crippen LogP contribution in [0.4, 0.5) is 5.82 Å². The molecule has 0 bridgehead atoms. The lowest BCUT2D eigenvalue weighted by atomic mass is 9.96. The number of ether oxygens (including phenoxy) is 2. The van der Waals surface area contributed by atoms with Gasteiger partial charge in [-0.25, -0.2) is 9.78 Å². The van der Waals surface area contributed by atoms with E-state index in [0.717, 1.165) is 39.4 Å². The zero-order valence-corrected chi connectivity index (χ0v) is 28.0. The predicted molar refractivity (Wildman–Crippen MR) is 187 cm³/mol. The molecule has 3 aliphatic rings. The summed E-state index contributed by atoms with van der Waals surface area (Å²) < 4.78 is 14.6. The van der Waals surface area contributed by atoms with Gasteiger partial charge >= 0.3 is 5.69 Å². The fraction of sp³-hybridized carbons (Fsp3) is 0.405. The standard InChI is InChI=1S/C37H42N8O4/c1-37(2,43-19-17-41(18-20-43)29-24-48-25-29)21-26(22-38)35(46)42-16-6-7-28(23-42)44-32-14-15-40-34(39)33(32)45(36(44)47)27-10-12-31(13-11-27)49-30-8-4-3-5-9-30/h3-5,8-15,21,28-29H,6-7,16-20,23-25H2,1-2H3,(H2,39,40)/t28-/m1/s1. The van der Waals surface area contributed by atoms with Gasteiger partial charge in [0.2, 0.25) is 0 Å². The van der Waals surface area contributed by atoms with E-state index >= 15 is 0 Å². The van der Waals surface area contributed by atoms with Gasteiger partial charge in [0.15, 0.2) is 0 Å². The van der Waals surface area contributed by atoms with Crippen molar-refractivity contribution in [2.75, 3.05) is 58.2 Å². The lowest BCUT2D eigenvalue weighted by molar-refractivity contribution is -0.128. The molecule has 12 nitrogen and oxygen atoms in total. The Morgan fingerprint density at radius 2 is 1.71 bits per heavy atom. The molecule has 4 aromatic rings. The molecule has 254 valence electrons. The van der Waals surface area contributed by atoms with Crippen LogP contribution in [-0.4, -0.2) is 98.8 Å². The van der Waals surface area contributed by atoms with Crippen molar-refractivity contribution in [3.63, 3.8) is 0 Å². The monoisotopic (exact) mass is 662 g/mol. The summed E-state index contributed by atoms with van der Waals surface area (Å²) >= 11 is 0. The smallest absolute Gasteiger partial charge is 0.334 e. The number of imidazole rings is 1. The molecule has 2 N–H and O–H groups in total. The number of para-hydroxylation sites is 1. The van der Waals surface area contributed by atoms with Gasteiger partial charge in [-0.15, -0.1) is 0 Å². The number of anilines is 1. The Balaban J connectivity index is 1.12. The summed E-state index contributed by atoms with van der Waals surface area (Å²) in [4.78, 5) is 39.0. The van der Waals surface area contributed by atoms with Gasteiger partial charge in [-0.05, 0) is 75.2 Å². The Bertz CT molecular complexity index is 1950. The third-order valence-corrected chi connectivity index (χ3v) is 10.0. The Morgan fingerprint density at radius 1 is 1.00 bits per heavy atom. The van der Waals surface area contributed by atoms with Gasteiger partial charge in [-0.1, -0.05) is 18.2 Å². The number of piperidine rings is 1. The topological polar surface area (TPSA) is 135 Å². The molecule has 3 saturated heterocycles. The van der Waals surface area contributed by atoms with E-state index in [1.165, 1.54) is 0 Å². The van der Waals surface area contributed by atoms with Crippen LogP contribution in [0.2, 0.25) is 0 Å². The Morgan fingerprint density at radius 3 is 2.39 bits per heavy atom. The van der Waals surface area contributed by atoms with E-state index in [4.69, 9.17) is 15.2 Å². The normalized spacial score (nSPS) is 19.8. The largest absolute Gasteiger partial charge is 0.457 e. The highest BCUT2D eigenvalue weighted by molar-refractivity contribution is 5.97. The number of carbonyl (C=O) groups is 1. The number of hydrogen-bond acceptors (Lipinski definition) is 9. The maximum Gasteiger partial charge on any atom is 0.334 e. The molecule has 1 atom stereocenters. The third-order valence-electron chi connectivity index (χ3n) is 10.0. The van der Waals surface area contributed by atoms with Crippen LogP contribution in [0.15, 0.2) is 83.3 Å². The van der Waals surface area contributed by atoms with Crippen molar-refractivity contribution in [1.29, 1.82) is 5.26 Å². The van der Waals surface area contributed by atoms with Crippen molar-refractivity contribution in [1.82, 2.24) is 28.8 Å². The fourth-order valence-corrected chi connectivity index (χ4v) is 7.27. The van der Waals surface area contributed by atoms with Gasteiger partial charge in [0.25, 0.3) is 5.91 Å². The van der Waals surface area contributed by atoms with Crippen LogP contribution in [-0.2, 0) is 9.53 Å². The molecule has 2 aromatic heterocycles. The quantitative estimate of drug-likeness (QED) is 0.220. The number of likely N-dealkylation sites (tertiary alicyclic amines) is 1. The molecule has 7 rings (SSSR count). The van der Waals surface area contributed by atoms with Crippen molar-refractivity contribution in [3.8, 4) is 23.3 Å². The second kappa shape index (κ2) is 13.5. The first kappa shape index (κ1) is 32.6. The fourth-order valence-electron chi connectivity index (χ4n) is 7.27. The molecule has 3 aliphatic heterocycles. The number of nitrogens with zero attached hydrogens (tertiary/aromatic N) is 7. The van der Waals surface area contributed by atoms with E-state index in [1.54, 1.807) is 26.3 Å². The van der Waals surface area contributed by atoms with Gasteiger partial charge in [-0.3, -0.25) is 23.7 Å². The van der Waals surface area contributed by atoms with Crippen LogP contribution >= 0.6 is 0 Å². The number of carbonyl (C=O) groups excluding carboxylic acids is 1. The Labute approximate surface area is 285 Å². The van der Waals surface area contributed by atoms with Crippen molar-refractivity contribution < 1.29 is 14.3 Å². The number of aromatic nitrogens is 3. The van der Waals surface area contributed by atoms with E-state index in [0.29, 0.717) is 60.2 Å². The number of rotatable bonds is 8. The Kier molecular flexibility index (Phi) is 8.98. The molecule has 12 heteroatoms. The second-order valence-corrected chi connectivity index (χ2v) is 13.5. The minimum absolute atomic E-state index is 0.126. The molecule has 0 radical (unpaired) electrons. The number of nitriles is 1. The maximum atomic E-state index is 14.3. The summed E-state index contributed by atoms with van der Waals surface area (Å²) in [6, 6.07) is 20.9. The minimum Gasteiger partial charge on any atom is -0.457 e. The van der Waals surface area contributed by atoms with E-state index in [-0.39, 0.29) is 29.0 Å². The molecule has 0 spiro atoms. The SMILES string of the molecule is CC(C)(C=C(C#N)C(=O)N1CCC[C@@H](n2c(=O)n(-c3ccc(Oc4ccccc4)cc3)c3c(N)nccc32)C1)N1CCN(C2COC2)CC1. The Hall–Kier alpha value is -4.96. The van der Waals surface area contributed by atoms with Crippen LogP contribution in [0.3, 0.4) is 0 Å². The summed E-state index contributed by atoms with van der Waals surface area (Å²) in [5, 5.41) is 10.2. The average molecular weight is 663 g/mol. The van der Waals surface area contributed by atoms with Crippen molar-refractivity contribution in [2.24, 2.45) is 0 Å². The molecule has 3 fully saturated rings. The van der Waals surface area contributed by atoms with E-state index in [2.05, 4.69) is 34.7 Å². The lowest BCUT2D eigenvalue weighted by Crippen LogP contribution is -2.59. The molecule has 0 saturated carbocycles. The second-order valence-electron chi connectivity index (χ2n) is 13.5. The molecule has 2 aromatic carbocycles. The number of nitrogen functional groups attached to an aromatic ring is 1. The van der Waals surface area contributed by atoms with Gasteiger partial charge in [0, 0.05) is 51.0 Å². The third kappa shape index (κ3) is 6.45. The summed E-state index contributed by atoms with van der Waals surface area (Å²) in [6.45, 7) is 10.1. The number of fused-ring (bicyclic) bond motifs is 1. The number of piperazine rings is 1. The number of benzene rings is 2. The van der Waals surface area contributed by atoms with Crippen LogP contribution in [0.1, 0.15) is 32.7 Å². The summed E-state index contributed by atoms with van der Waals surface area (Å²) in [6.07, 6.45) is 4.80. The summed E-state index contributed by atoms with van der Waals surface area (Å²) in [5.74, 6) is 1.28. The zero-order valence-electron chi connectivity index (χ0n) is 28.0. The van der Waals surface area contributed by atoms with Gasteiger partial charge in [0.05, 0.1) is 36.5 Å². The van der Waals surface area contributed by atoms with Crippen molar-refractivity contribution in [2.45, 2.75) is 44.3 Å². The van der Waals surface area contributed by atoms with Crippen LogP contribution in [0.25, 0.3) is 16.7 Å². The first-order valence-electron chi connectivity index (χ1n) is 16.9. The first-order valence-corrected chi connectivity index (χ1v) is 16.9. The molecule has 1 amide bonds. The molecular formula is C37H42N8O4. The number of pyridine rings is 1. The van der Waals surface area contributed by atoms with Gasteiger partial charge in [-0.2, -0.15) is 5.26 Å². The van der Waals surface area contributed by atoms with Crippen molar-refractivity contribution >= 4 is 22.8 Å². The number of hydrogen-bond donors (Lipinski definition) is 1. The summed E-state index contributed by atoms with van der Waals surface area (Å²) in [5.41, 5.74) is 7.55. The van der Waals surface area contributed by atoms with E-state index in [9.17, 15) is 14.9 Å². The number of amides is 1. The first-order chi connectivity index (χ1) is 23.7. The highest BCUT2D eigenvalue weighted by atomic mass is 16.5. The van der Waals surface area contributed by atoms with Gasteiger partial charge in [0.1, 0.15) is 34.5 Å². The van der Waals surface area contributed by atoms with Crippen LogP contribution in [0.5, 0.6) is 11.5 Å². The molecule has 5 heterocycles. The summed E-state index contributed by atoms with van der Waals surface area (Å²) in [7, 11) is 0. The van der Waals surface area contributed by atoms with E-state index in [1.807, 2.05) is 60.7 Å². The van der Waals surface area contributed by atoms with Crippen LogP contribution in [0, 0.1) is 11.3 Å². The average Bonchev–Trinajstić information content (AvgIpc) is 3.40. The zero-order chi connectivity index (χ0) is 34.1. The molecule has 0 aliphatic carbocycles. The van der Waals surface area contributed by atoms with E-state index < -0.39 is 5.54 Å². The van der Waals surface area contributed by atoms with Gasteiger partial charge < -0.3 is 20.1 Å². The predicted octanol–water partition coefficient (Wildman–Crippen LogP) is 3.97.